The summed E-state index contributed by atoms with van der Waals surface area (Å²) in [5.41, 5.74) is 0.489. The molecule has 2 rings (SSSR count). The highest BCUT2D eigenvalue weighted by atomic mass is 32.2. The highest BCUT2D eigenvalue weighted by Gasteiger charge is 2.26. The highest BCUT2D eigenvalue weighted by molar-refractivity contribution is 7.88. The molecular formula is C14H19NO5S. The van der Waals surface area contributed by atoms with Gasteiger partial charge < -0.3 is 10.2 Å². The summed E-state index contributed by atoms with van der Waals surface area (Å²) >= 11 is 0. The Labute approximate surface area is 123 Å². The second-order valence-corrected chi connectivity index (χ2v) is 7.18. The zero-order valence-corrected chi connectivity index (χ0v) is 12.3. The van der Waals surface area contributed by atoms with E-state index < -0.39 is 22.1 Å². The molecule has 3 N–H and O–H groups in total. The lowest BCUT2D eigenvalue weighted by atomic mass is 10.1. The zero-order chi connectivity index (χ0) is 15.5. The molecule has 0 aliphatic heterocycles. The number of aliphatic hydroxyl groups excluding tert-OH is 1. The van der Waals surface area contributed by atoms with Gasteiger partial charge in [0.05, 0.1) is 17.4 Å². The number of sulfonamides is 1. The topological polar surface area (TPSA) is 104 Å². The minimum absolute atomic E-state index is 0.0369. The first kappa shape index (κ1) is 15.9. The lowest BCUT2D eigenvalue weighted by Gasteiger charge is -2.15. The number of carboxylic acid groups (broad SMARTS) is 1. The number of carbonyl (C=O) groups is 1. The molecule has 0 amide bonds. The van der Waals surface area contributed by atoms with Gasteiger partial charge in [-0.05, 0) is 36.5 Å². The summed E-state index contributed by atoms with van der Waals surface area (Å²) in [6, 6.07) is 5.87. The molecule has 6 nitrogen and oxygen atoms in total. The van der Waals surface area contributed by atoms with E-state index in [1.54, 1.807) is 6.07 Å². The van der Waals surface area contributed by atoms with E-state index in [1.165, 1.54) is 18.2 Å². The van der Waals surface area contributed by atoms with E-state index in [9.17, 15) is 18.3 Å². The van der Waals surface area contributed by atoms with Gasteiger partial charge in [0.15, 0.2) is 0 Å². The van der Waals surface area contributed by atoms with Crippen LogP contribution in [0, 0.1) is 5.92 Å². The van der Waals surface area contributed by atoms with Crippen molar-refractivity contribution in [2.24, 2.45) is 5.92 Å². The Bertz CT molecular complexity index is 614. The lowest BCUT2D eigenvalue weighted by molar-refractivity contribution is 0.0696. The van der Waals surface area contributed by atoms with Crippen LogP contribution in [0.25, 0.3) is 0 Å². The summed E-state index contributed by atoms with van der Waals surface area (Å²) in [5, 5.41) is 18.6. The predicted molar refractivity (Wildman–Crippen MR) is 77.4 cm³/mol. The van der Waals surface area contributed by atoms with Crippen LogP contribution in [-0.4, -0.2) is 37.2 Å². The molecule has 1 saturated carbocycles. The van der Waals surface area contributed by atoms with Gasteiger partial charge in [0.25, 0.3) is 0 Å². The molecule has 0 heterocycles. The van der Waals surface area contributed by atoms with Crippen molar-refractivity contribution < 1.29 is 23.4 Å². The van der Waals surface area contributed by atoms with Gasteiger partial charge in [0, 0.05) is 6.54 Å². The van der Waals surface area contributed by atoms with Gasteiger partial charge in [-0.3, -0.25) is 0 Å². The van der Waals surface area contributed by atoms with E-state index in [0.29, 0.717) is 12.0 Å². The molecule has 0 radical (unpaired) electrons. The molecule has 0 spiro atoms. The van der Waals surface area contributed by atoms with Crippen molar-refractivity contribution >= 4 is 16.0 Å². The van der Waals surface area contributed by atoms with E-state index in [-0.39, 0.29) is 23.8 Å². The summed E-state index contributed by atoms with van der Waals surface area (Å²) in [7, 11) is -3.54. The fraction of sp³-hybridized carbons (Fsp3) is 0.500. The highest BCUT2D eigenvalue weighted by Crippen LogP contribution is 2.24. The third kappa shape index (κ3) is 4.52. The van der Waals surface area contributed by atoms with Crippen LogP contribution in [0.2, 0.25) is 0 Å². The Hall–Kier alpha value is -1.44. The average Bonchev–Trinajstić information content (AvgIpc) is 2.82. The molecule has 7 heteroatoms. The average molecular weight is 313 g/mol. The Kier molecular flexibility index (Phi) is 4.97. The molecule has 1 aliphatic carbocycles. The number of benzene rings is 1. The number of carboxylic acids is 1. The maximum Gasteiger partial charge on any atom is 0.335 e. The van der Waals surface area contributed by atoms with Crippen LogP contribution in [-0.2, 0) is 15.8 Å². The first-order valence-corrected chi connectivity index (χ1v) is 8.50. The van der Waals surface area contributed by atoms with Crippen molar-refractivity contribution in [3.8, 4) is 0 Å². The third-order valence-corrected chi connectivity index (χ3v) is 5.03. The standard InChI is InChI=1S/C14H19NO5S/c16-13-6-2-5-12(13)8-15-21(19,20)9-10-3-1-4-11(7-10)14(17)18/h1,3-4,7,12-13,15-16H,2,5-6,8-9H2,(H,17,18). The summed E-state index contributed by atoms with van der Waals surface area (Å²) in [5.74, 6) is -1.39. The van der Waals surface area contributed by atoms with Gasteiger partial charge in [0.2, 0.25) is 10.0 Å². The largest absolute Gasteiger partial charge is 0.478 e. The van der Waals surface area contributed by atoms with Gasteiger partial charge in [-0.15, -0.1) is 0 Å². The van der Waals surface area contributed by atoms with Crippen molar-refractivity contribution in [3.05, 3.63) is 35.4 Å². The third-order valence-electron chi connectivity index (χ3n) is 3.72. The molecule has 2 atom stereocenters. The minimum atomic E-state index is -3.54. The van der Waals surface area contributed by atoms with Crippen LogP contribution in [0.5, 0.6) is 0 Å². The van der Waals surface area contributed by atoms with Gasteiger partial charge in [-0.25, -0.2) is 17.9 Å². The Morgan fingerprint density at radius 3 is 2.71 bits per heavy atom. The molecular weight excluding hydrogens is 294 g/mol. The quantitative estimate of drug-likeness (QED) is 0.726. The van der Waals surface area contributed by atoms with Crippen LogP contribution >= 0.6 is 0 Å². The van der Waals surface area contributed by atoms with E-state index >= 15 is 0 Å². The monoisotopic (exact) mass is 313 g/mol. The first-order chi connectivity index (χ1) is 9.87. The molecule has 2 unspecified atom stereocenters. The van der Waals surface area contributed by atoms with E-state index in [2.05, 4.69) is 4.72 Å². The summed E-state index contributed by atoms with van der Waals surface area (Å²) in [4.78, 5) is 10.9. The van der Waals surface area contributed by atoms with Crippen LogP contribution in [0.15, 0.2) is 24.3 Å². The van der Waals surface area contributed by atoms with Crippen LogP contribution in [0.1, 0.15) is 35.2 Å². The molecule has 1 aromatic rings. The molecule has 21 heavy (non-hydrogen) atoms. The van der Waals surface area contributed by atoms with Gasteiger partial charge in [-0.1, -0.05) is 18.6 Å². The Morgan fingerprint density at radius 2 is 2.10 bits per heavy atom. The second kappa shape index (κ2) is 6.55. The normalized spacial score (nSPS) is 22.3. The molecule has 0 aromatic heterocycles. The van der Waals surface area contributed by atoms with Gasteiger partial charge in [0.1, 0.15) is 0 Å². The fourth-order valence-electron chi connectivity index (χ4n) is 2.55. The lowest BCUT2D eigenvalue weighted by Crippen LogP contribution is -2.33. The van der Waals surface area contributed by atoms with Crippen molar-refractivity contribution in [2.75, 3.05) is 6.54 Å². The number of hydrogen-bond acceptors (Lipinski definition) is 4. The Balaban J connectivity index is 1.97. The molecule has 116 valence electrons. The maximum absolute atomic E-state index is 12.0. The summed E-state index contributed by atoms with van der Waals surface area (Å²) in [6.07, 6.45) is 2.00. The van der Waals surface area contributed by atoms with Crippen molar-refractivity contribution in [1.29, 1.82) is 0 Å². The number of rotatable bonds is 6. The Morgan fingerprint density at radius 1 is 1.33 bits per heavy atom. The number of aromatic carboxylic acids is 1. The van der Waals surface area contributed by atoms with Gasteiger partial charge in [-0.2, -0.15) is 0 Å². The molecule has 1 aliphatic rings. The predicted octanol–water partition coefficient (Wildman–Crippen LogP) is 0.965. The minimum Gasteiger partial charge on any atom is -0.478 e. The number of aliphatic hydroxyl groups is 1. The smallest absolute Gasteiger partial charge is 0.335 e. The van der Waals surface area contributed by atoms with E-state index in [0.717, 1.165) is 12.8 Å². The summed E-state index contributed by atoms with van der Waals surface area (Å²) < 4.78 is 26.5. The summed E-state index contributed by atoms with van der Waals surface area (Å²) in [6.45, 7) is 0.224. The van der Waals surface area contributed by atoms with E-state index in [1.807, 2.05) is 0 Å². The SMILES string of the molecule is O=C(O)c1cccc(CS(=O)(=O)NCC2CCCC2O)c1. The molecule has 0 bridgehead atoms. The van der Waals surface area contributed by atoms with Crippen molar-refractivity contribution in [1.82, 2.24) is 4.72 Å². The molecule has 0 saturated heterocycles. The van der Waals surface area contributed by atoms with Crippen LogP contribution in [0.3, 0.4) is 0 Å². The van der Waals surface area contributed by atoms with Crippen LogP contribution < -0.4 is 4.72 Å². The number of nitrogens with one attached hydrogen (secondary N) is 1. The maximum atomic E-state index is 12.0. The van der Waals surface area contributed by atoms with Gasteiger partial charge >= 0.3 is 5.97 Å². The molecule has 1 fully saturated rings. The van der Waals surface area contributed by atoms with Crippen molar-refractivity contribution in [2.45, 2.75) is 31.1 Å². The second-order valence-electron chi connectivity index (χ2n) is 5.37. The molecule has 1 aromatic carbocycles. The first-order valence-electron chi connectivity index (χ1n) is 6.85. The van der Waals surface area contributed by atoms with Crippen molar-refractivity contribution in [3.63, 3.8) is 0 Å². The van der Waals surface area contributed by atoms with E-state index in [4.69, 9.17) is 5.11 Å². The number of hydrogen-bond donors (Lipinski definition) is 3. The van der Waals surface area contributed by atoms with Crippen LogP contribution in [0.4, 0.5) is 0 Å². The fourth-order valence-corrected chi connectivity index (χ4v) is 3.74. The zero-order valence-electron chi connectivity index (χ0n) is 11.5.